The molecule has 0 saturated heterocycles. The highest BCUT2D eigenvalue weighted by Crippen LogP contribution is 2.24. The second-order valence-corrected chi connectivity index (χ2v) is 6.62. The van der Waals surface area contributed by atoms with Crippen molar-refractivity contribution in [3.05, 3.63) is 59.7 Å². The van der Waals surface area contributed by atoms with Gasteiger partial charge >= 0.3 is 0 Å². The quantitative estimate of drug-likeness (QED) is 0.499. The molecule has 6 heteroatoms. The maximum absolute atomic E-state index is 12.4. The normalized spacial score (nSPS) is 10.7. The Labute approximate surface area is 151 Å². The van der Waals surface area contributed by atoms with Crippen LogP contribution < -0.4 is 4.74 Å². The number of hydrogen-bond donors (Lipinski definition) is 0. The van der Waals surface area contributed by atoms with Crippen LogP contribution in [0.3, 0.4) is 0 Å². The molecule has 0 aliphatic heterocycles. The van der Waals surface area contributed by atoms with E-state index in [-0.39, 0.29) is 5.78 Å². The average molecular weight is 353 g/mol. The number of ether oxygens (including phenoxy) is 1. The highest BCUT2D eigenvalue weighted by Gasteiger charge is 2.14. The predicted molar refractivity (Wildman–Crippen MR) is 99.2 cm³/mol. The lowest BCUT2D eigenvalue weighted by Crippen LogP contribution is -2.04. The van der Waals surface area contributed by atoms with Gasteiger partial charge in [0.05, 0.1) is 12.9 Å². The van der Waals surface area contributed by atoms with Crippen LogP contribution in [0.2, 0.25) is 0 Å². The largest absolute Gasteiger partial charge is 0.497 e. The second kappa shape index (κ2) is 7.53. The van der Waals surface area contributed by atoms with Crippen LogP contribution >= 0.6 is 11.8 Å². The van der Waals surface area contributed by atoms with Crippen LogP contribution in [0.5, 0.6) is 5.75 Å². The van der Waals surface area contributed by atoms with E-state index >= 15 is 0 Å². The molecule has 0 aliphatic carbocycles. The van der Waals surface area contributed by atoms with Crippen LogP contribution in [-0.4, -0.2) is 33.4 Å². The van der Waals surface area contributed by atoms with Gasteiger partial charge < -0.3 is 9.30 Å². The number of hydrogen-bond acceptors (Lipinski definition) is 5. The summed E-state index contributed by atoms with van der Waals surface area (Å²) in [4.78, 5) is 12.4. The van der Waals surface area contributed by atoms with E-state index < -0.39 is 0 Å². The molecule has 0 N–H and O–H groups in total. The number of aryl methyl sites for hydroxylation is 1. The SMILES string of the molecule is COc1cccc(C(=O)CSc2nnc(-c3cccc(C)c3)n2C)c1. The Morgan fingerprint density at radius 3 is 2.72 bits per heavy atom. The maximum Gasteiger partial charge on any atom is 0.191 e. The van der Waals surface area contributed by atoms with Crippen molar-refractivity contribution >= 4 is 17.5 Å². The van der Waals surface area contributed by atoms with Crippen molar-refractivity contribution in [3.8, 4) is 17.1 Å². The highest BCUT2D eigenvalue weighted by atomic mass is 32.2. The zero-order chi connectivity index (χ0) is 17.8. The summed E-state index contributed by atoms with van der Waals surface area (Å²) in [5.74, 6) is 1.80. The Hall–Kier alpha value is -2.60. The number of benzene rings is 2. The molecular formula is C19H19N3O2S. The molecule has 3 aromatic rings. The number of thioether (sulfide) groups is 1. The van der Waals surface area contributed by atoms with Crippen LogP contribution in [0, 0.1) is 6.92 Å². The van der Waals surface area contributed by atoms with Crippen molar-refractivity contribution in [1.29, 1.82) is 0 Å². The van der Waals surface area contributed by atoms with Gasteiger partial charge in [-0.15, -0.1) is 10.2 Å². The first-order chi connectivity index (χ1) is 12.1. The van der Waals surface area contributed by atoms with E-state index in [1.807, 2.05) is 48.9 Å². The smallest absolute Gasteiger partial charge is 0.191 e. The van der Waals surface area contributed by atoms with Gasteiger partial charge in [-0.3, -0.25) is 4.79 Å². The van der Waals surface area contributed by atoms with Crippen LogP contribution in [0.4, 0.5) is 0 Å². The van der Waals surface area contributed by atoms with Crippen molar-refractivity contribution in [2.45, 2.75) is 12.1 Å². The lowest BCUT2D eigenvalue weighted by Gasteiger charge is -2.05. The topological polar surface area (TPSA) is 57.0 Å². The molecule has 5 nitrogen and oxygen atoms in total. The second-order valence-electron chi connectivity index (χ2n) is 5.68. The molecular weight excluding hydrogens is 334 g/mol. The standard InChI is InChI=1S/C19H19N3O2S/c1-13-6-4-8-15(10-13)18-20-21-19(22(18)2)25-12-17(23)14-7-5-9-16(11-14)24-3/h4-11H,12H2,1-3H3. The minimum absolute atomic E-state index is 0.0315. The molecule has 0 aliphatic rings. The van der Waals surface area contributed by atoms with Gasteiger partial charge in [0.1, 0.15) is 5.75 Å². The number of carbonyl (C=O) groups is 1. The summed E-state index contributed by atoms with van der Waals surface area (Å²) in [6, 6.07) is 15.3. The summed E-state index contributed by atoms with van der Waals surface area (Å²) in [5, 5.41) is 9.20. The molecule has 25 heavy (non-hydrogen) atoms. The predicted octanol–water partition coefficient (Wildman–Crippen LogP) is 3.77. The summed E-state index contributed by atoms with van der Waals surface area (Å²) in [5.41, 5.74) is 2.82. The van der Waals surface area contributed by atoms with Crippen LogP contribution in [0.1, 0.15) is 15.9 Å². The fraction of sp³-hybridized carbons (Fsp3) is 0.211. The molecule has 1 heterocycles. The van der Waals surface area contributed by atoms with E-state index in [4.69, 9.17) is 4.74 Å². The van der Waals surface area contributed by atoms with Crippen LogP contribution in [0.25, 0.3) is 11.4 Å². The molecule has 0 fully saturated rings. The fourth-order valence-corrected chi connectivity index (χ4v) is 3.29. The third-order valence-electron chi connectivity index (χ3n) is 3.84. The third kappa shape index (κ3) is 3.91. The Morgan fingerprint density at radius 1 is 1.16 bits per heavy atom. The number of rotatable bonds is 6. The van der Waals surface area contributed by atoms with E-state index in [0.29, 0.717) is 22.2 Å². The molecule has 2 aromatic carbocycles. The lowest BCUT2D eigenvalue weighted by molar-refractivity contribution is 0.102. The lowest BCUT2D eigenvalue weighted by atomic mass is 10.1. The summed E-state index contributed by atoms with van der Waals surface area (Å²) >= 11 is 1.38. The van der Waals surface area contributed by atoms with Gasteiger partial charge in [-0.1, -0.05) is 47.7 Å². The number of carbonyl (C=O) groups excluding carboxylic acids is 1. The zero-order valence-corrected chi connectivity index (χ0v) is 15.2. The van der Waals surface area contributed by atoms with Gasteiger partial charge in [-0.05, 0) is 25.1 Å². The molecule has 0 saturated carbocycles. The van der Waals surface area contributed by atoms with Gasteiger partial charge in [0.25, 0.3) is 0 Å². The minimum atomic E-state index is 0.0315. The van der Waals surface area contributed by atoms with E-state index in [1.54, 1.807) is 19.2 Å². The summed E-state index contributed by atoms with van der Waals surface area (Å²) in [7, 11) is 3.50. The van der Waals surface area contributed by atoms with Gasteiger partial charge in [-0.25, -0.2) is 0 Å². The first kappa shape index (κ1) is 17.2. The van der Waals surface area contributed by atoms with E-state index in [2.05, 4.69) is 16.3 Å². The van der Waals surface area contributed by atoms with Crippen LogP contribution in [0.15, 0.2) is 53.7 Å². The molecule has 0 spiro atoms. The number of aromatic nitrogens is 3. The Balaban J connectivity index is 1.73. The van der Waals surface area contributed by atoms with Gasteiger partial charge in [-0.2, -0.15) is 0 Å². The van der Waals surface area contributed by atoms with Gasteiger partial charge in [0, 0.05) is 18.2 Å². The summed E-state index contributed by atoms with van der Waals surface area (Å²) in [6.07, 6.45) is 0. The highest BCUT2D eigenvalue weighted by molar-refractivity contribution is 7.99. The Bertz CT molecular complexity index is 905. The molecule has 0 atom stereocenters. The number of methoxy groups -OCH3 is 1. The molecule has 0 amide bonds. The monoisotopic (exact) mass is 353 g/mol. The molecule has 3 rings (SSSR count). The van der Waals surface area contributed by atoms with Crippen molar-refractivity contribution in [2.24, 2.45) is 7.05 Å². The van der Waals surface area contributed by atoms with Crippen molar-refractivity contribution in [1.82, 2.24) is 14.8 Å². The molecule has 0 radical (unpaired) electrons. The molecule has 0 bridgehead atoms. The summed E-state index contributed by atoms with van der Waals surface area (Å²) in [6.45, 7) is 2.04. The number of Topliss-reactive ketones (excluding diaryl/α,β-unsaturated/α-hetero) is 1. The number of ketones is 1. The van der Waals surface area contributed by atoms with Gasteiger partial charge in [0.15, 0.2) is 16.8 Å². The summed E-state index contributed by atoms with van der Waals surface area (Å²) < 4.78 is 7.08. The Morgan fingerprint density at radius 2 is 1.96 bits per heavy atom. The van der Waals surface area contributed by atoms with Crippen LogP contribution in [-0.2, 0) is 7.05 Å². The fourth-order valence-electron chi connectivity index (χ4n) is 2.49. The minimum Gasteiger partial charge on any atom is -0.497 e. The molecule has 1 aromatic heterocycles. The third-order valence-corrected chi connectivity index (χ3v) is 4.86. The first-order valence-corrected chi connectivity index (χ1v) is 8.83. The molecule has 128 valence electrons. The average Bonchev–Trinajstić information content (AvgIpc) is 3.00. The first-order valence-electron chi connectivity index (χ1n) is 7.85. The van der Waals surface area contributed by atoms with E-state index in [9.17, 15) is 4.79 Å². The maximum atomic E-state index is 12.4. The van der Waals surface area contributed by atoms with Crippen molar-refractivity contribution in [2.75, 3.05) is 12.9 Å². The number of nitrogens with zero attached hydrogens (tertiary/aromatic N) is 3. The zero-order valence-electron chi connectivity index (χ0n) is 14.4. The van der Waals surface area contributed by atoms with Crippen molar-refractivity contribution in [3.63, 3.8) is 0 Å². The van der Waals surface area contributed by atoms with Gasteiger partial charge in [0.2, 0.25) is 0 Å². The molecule has 0 unspecified atom stereocenters. The van der Waals surface area contributed by atoms with E-state index in [1.165, 1.54) is 17.3 Å². The van der Waals surface area contributed by atoms with Crippen molar-refractivity contribution < 1.29 is 9.53 Å². The van der Waals surface area contributed by atoms with E-state index in [0.717, 1.165) is 11.4 Å². The Kier molecular flexibility index (Phi) is 5.19.